The molecule has 2 aromatic rings. The van der Waals surface area contributed by atoms with Gasteiger partial charge >= 0.3 is 5.97 Å². The van der Waals surface area contributed by atoms with Crippen molar-refractivity contribution in [1.82, 2.24) is 9.78 Å². The van der Waals surface area contributed by atoms with Crippen LogP contribution >= 0.6 is 0 Å². The molecule has 0 amide bonds. The van der Waals surface area contributed by atoms with E-state index in [0.29, 0.717) is 5.56 Å². The van der Waals surface area contributed by atoms with Gasteiger partial charge in [0, 0.05) is 18.8 Å². The predicted octanol–water partition coefficient (Wildman–Crippen LogP) is 3.05. The zero-order chi connectivity index (χ0) is 14.0. The highest BCUT2D eigenvalue weighted by Gasteiger charge is 2.16. The fourth-order valence-electron chi connectivity index (χ4n) is 2.25. The van der Waals surface area contributed by atoms with E-state index in [-0.39, 0.29) is 0 Å². The molecule has 1 aromatic carbocycles. The maximum absolute atomic E-state index is 11.4. The summed E-state index contributed by atoms with van der Waals surface area (Å²) in [6.07, 6.45) is 3.73. The topological polar surface area (TPSA) is 55.1 Å². The van der Waals surface area contributed by atoms with E-state index >= 15 is 0 Å². The van der Waals surface area contributed by atoms with Gasteiger partial charge in [-0.05, 0) is 25.0 Å². The van der Waals surface area contributed by atoms with Crippen LogP contribution in [0, 0.1) is 6.92 Å². The lowest BCUT2D eigenvalue weighted by atomic mass is 9.97. The molecule has 4 nitrogen and oxygen atoms in total. The van der Waals surface area contributed by atoms with Crippen molar-refractivity contribution in [2.45, 2.75) is 26.7 Å². The summed E-state index contributed by atoms with van der Waals surface area (Å²) in [5, 5.41) is 13.7. The highest BCUT2D eigenvalue weighted by atomic mass is 16.4. The van der Waals surface area contributed by atoms with Crippen molar-refractivity contribution in [3.8, 4) is 11.1 Å². The van der Waals surface area contributed by atoms with Crippen molar-refractivity contribution in [3.05, 3.63) is 41.2 Å². The molecule has 0 fully saturated rings. The number of rotatable bonds is 4. The summed E-state index contributed by atoms with van der Waals surface area (Å²) in [5.41, 5.74) is 4.01. The second kappa shape index (κ2) is 5.26. The van der Waals surface area contributed by atoms with Crippen LogP contribution in [0.15, 0.2) is 24.4 Å². The number of hydrogen-bond acceptors (Lipinski definition) is 2. The van der Waals surface area contributed by atoms with Gasteiger partial charge in [0.05, 0.1) is 11.3 Å². The second-order valence-corrected chi connectivity index (χ2v) is 4.77. The van der Waals surface area contributed by atoms with Gasteiger partial charge in [-0.2, -0.15) is 5.10 Å². The fourth-order valence-corrected chi connectivity index (χ4v) is 2.25. The van der Waals surface area contributed by atoms with Gasteiger partial charge in [0.2, 0.25) is 0 Å². The van der Waals surface area contributed by atoms with E-state index in [9.17, 15) is 9.90 Å². The number of hydrogen-bond donors (Lipinski definition) is 1. The van der Waals surface area contributed by atoms with Crippen molar-refractivity contribution >= 4 is 5.97 Å². The molecule has 100 valence electrons. The largest absolute Gasteiger partial charge is 0.478 e. The molecular formula is C15H18N2O2. The minimum Gasteiger partial charge on any atom is -0.478 e. The Morgan fingerprint density at radius 3 is 2.74 bits per heavy atom. The maximum Gasteiger partial charge on any atom is 0.336 e. The van der Waals surface area contributed by atoms with Crippen LogP contribution < -0.4 is 0 Å². The third-order valence-corrected chi connectivity index (χ3v) is 3.09. The summed E-state index contributed by atoms with van der Waals surface area (Å²) in [4.78, 5) is 11.4. The number of carboxylic acids is 1. The van der Waals surface area contributed by atoms with Crippen LogP contribution in [0.5, 0.6) is 0 Å². The van der Waals surface area contributed by atoms with Gasteiger partial charge in [0.25, 0.3) is 0 Å². The summed E-state index contributed by atoms with van der Waals surface area (Å²) < 4.78 is 1.74. The zero-order valence-corrected chi connectivity index (χ0v) is 11.5. The minimum absolute atomic E-state index is 0.330. The first kappa shape index (κ1) is 13.3. The third kappa shape index (κ3) is 2.67. The summed E-state index contributed by atoms with van der Waals surface area (Å²) >= 11 is 0. The van der Waals surface area contributed by atoms with E-state index < -0.39 is 5.97 Å². The predicted molar refractivity (Wildman–Crippen MR) is 74.3 cm³/mol. The van der Waals surface area contributed by atoms with Gasteiger partial charge in [0.15, 0.2) is 0 Å². The first-order valence-electron chi connectivity index (χ1n) is 6.39. The van der Waals surface area contributed by atoms with Gasteiger partial charge in [-0.15, -0.1) is 0 Å². The van der Waals surface area contributed by atoms with Gasteiger partial charge < -0.3 is 5.11 Å². The van der Waals surface area contributed by atoms with E-state index in [1.165, 1.54) is 0 Å². The standard InChI is InChI=1S/C15H18N2O2/c1-4-5-14-13(9-17(3)16-14)12-8-10(2)6-7-11(12)15(18)19/h6-9H,4-5H2,1-3H3,(H,18,19). The molecule has 1 N–H and O–H groups in total. The van der Waals surface area contributed by atoms with Gasteiger partial charge in [-0.3, -0.25) is 4.68 Å². The number of benzene rings is 1. The number of aromatic nitrogens is 2. The van der Waals surface area contributed by atoms with Crippen LogP contribution in [0.1, 0.15) is 35.0 Å². The SMILES string of the molecule is CCCc1nn(C)cc1-c1cc(C)ccc1C(=O)O. The molecule has 0 bridgehead atoms. The quantitative estimate of drug-likeness (QED) is 0.917. The zero-order valence-electron chi connectivity index (χ0n) is 11.5. The second-order valence-electron chi connectivity index (χ2n) is 4.77. The molecule has 0 aliphatic rings. The van der Waals surface area contributed by atoms with Crippen LogP contribution in [0.25, 0.3) is 11.1 Å². The van der Waals surface area contributed by atoms with E-state index in [0.717, 1.165) is 35.2 Å². The average Bonchev–Trinajstić information content (AvgIpc) is 2.70. The van der Waals surface area contributed by atoms with E-state index in [1.54, 1.807) is 10.7 Å². The molecule has 4 heteroatoms. The van der Waals surface area contributed by atoms with Crippen LogP contribution in [0.4, 0.5) is 0 Å². The molecule has 0 radical (unpaired) electrons. The Balaban J connectivity index is 2.63. The lowest BCUT2D eigenvalue weighted by Gasteiger charge is -2.07. The van der Waals surface area contributed by atoms with Gasteiger partial charge in [0.1, 0.15) is 0 Å². The number of aromatic carboxylic acids is 1. The lowest BCUT2D eigenvalue weighted by molar-refractivity contribution is 0.0697. The molecule has 2 rings (SSSR count). The summed E-state index contributed by atoms with van der Waals surface area (Å²) in [7, 11) is 1.86. The maximum atomic E-state index is 11.4. The Bertz CT molecular complexity index is 615. The van der Waals surface area contributed by atoms with Crippen molar-refractivity contribution in [2.75, 3.05) is 0 Å². The molecule has 1 aromatic heterocycles. The monoisotopic (exact) mass is 258 g/mol. The van der Waals surface area contributed by atoms with Crippen LogP contribution in [-0.2, 0) is 13.5 Å². The number of nitrogens with zero attached hydrogens (tertiary/aromatic N) is 2. The third-order valence-electron chi connectivity index (χ3n) is 3.09. The smallest absolute Gasteiger partial charge is 0.336 e. The minimum atomic E-state index is -0.902. The lowest BCUT2D eigenvalue weighted by Crippen LogP contribution is -2.00. The average molecular weight is 258 g/mol. The Kier molecular flexibility index (Phi) is 3.69. The van der Waals surface area contributed by atoms with Crippen LogP contribution in [0.3, 0.4) is 0 Å². The van der Waals surface area contributed by atoms with Crippen molar-refractivity contribution in [3.63, 3.8) is 0 Å². The van der Waals surface area contributed by atoms with Gasteiger partial charge in [-0.1, -0.05) is 31.0 Å². The van der Waals surface area contributed by atoms with Crippen LogP contribution in [-0.4, -0.2) is 20.9 Å². The fraction of sp³-hybridized carbons (Fsp3) is 0.333. The van der Waals surface area contributed by atoms with Crippen molar-refractivity contribution < 1.29 is 9.90 Å². The van der Waals surface area contributed by atoms with E-state index in [2.05, 4.69) is 12.0 Å². The van der Waals surface area contributed by atoms with E-state index in [4.69, 9.17) is 0 Å². The molecule has 0 saturated heterocycles. The molecule has 0 saturated carbocycles. The first-order valence-corrected chi connectivity index (χ1v) is 6.39. The first-order chi connectivity index (χ1) is 9.02. The molecule has 0 aliphatic carbocycles. The normalized spacial score (nSPS) is 10.7. The van der Waals surface area contributed by atoms with Crippen molar-refractivity contribution in [2.24, 2.45) is 7.05 Å². The molecule has 19 heavy (non-hydrogen) atoms. The molecule has 0 atom stereocenters. The highest BCUT2D eigenvalue weighted by molar-refractivity contribution is 5.96. The molecule has 0 aliphatic heterocycles. The molecule has 0 unspecified atom stereocenters. The molecule has 0 spiro atoms. The Morgan fingerprint density at radius 1 is 1.37 bits per heavy atom. The summed E-state index contributed by atoms with van der Waals surface area (Å²) in [6.45, 7) is 4.05. The Labute approximate surface area is 112 Å². The van der Waals surface area contributed by atoms with Crippen molar-refractivity contribution in [1.29, 1.82) is 0 Å². The summed E-state index contributed by atoms with van der Waals surface area (Å²) in [5.74, 6) is -0.902. The molecule has 1 heterocycles. The Hall–Kier alpha value is -2.10. The molecular weight excluding hydrogens is 240 g/mol. The van der Waals surface area contributed by atoms with Crippen LogP contribution in [0.2, 0.25) is 0 Å². The van der Waals surface area contributed by atoms with Gasteiger partial charge in [-0.25, -0.2) is 4.79 Å². The number of carbonyl (C=O) groups is 1. The number of carboxylic acid groups (broad SMARTS) is 1. The van der Waals surface area contributed by atoms with E-state index in [1.807, 2.05) is 32.3 Å². The number of aryl methyl sites for hydroxylation is 3. The highest BCUT2D eigenvalue weighted by Crippen LogP contribution is 2.28. The Morgan fingerprint density at radius 2 is 2.11 bits per heavy atom. The summed E-state index contributed by atoms with van der Waals surface area (Å²) in [6, 6.07) is 5.40.